The van der Waals surface area contributed by atoms with Crippen LogP contribution in [0.15, 0.2) is 53.4 Å². The highest BCUT2D eigenvalue weighted by Crippen LogP contribution is 2.39. The van der Waals surface area contributed by atoms with Crippen LogP contribution in [0.5, 0.6) is 0 Å². The van der Waals surface area contributed by atoms with Gasteiger partial charge in [-0.25, -0.2) is 4.79 Å². The largest absolute Gasteiger partial charge is 0.478 e. The molecule has 2 aromatic carbocycles. The van der Waals surface area contributed by atoms with E-state index in [-0.39, 0.29) is 17.4 Å². The van der Waals surface area contributed by atoms with E-state index in [0.717, 1.165) is 10.5 Å². The quantitative estimate of drug-likeness (QED) is 0.913. The molecule has 1 aliphatic heterocycles. The Hall–Kier alpha value is -2.27. The highest BCUT2D eigenvalue weighted by molar-refractivity contribution is 7.99. The summed E-state index contributed by atoms with van der Waals surface area (Å²) in [5, 5.41) is 11.9. The van der Waals surface area contributed by atoms with Crippen molar-refractivity contribution in [1.29, 1.82) is 0 Å². The number of anilines is 1. The van der Waals surface area contributed by atoms with Crippen molar-refractivity contribution in [3.63, 3.8) is 0 Å². The van der Waals surface area contributed by atoms with Crippen LogP contribution in [-0.2, 0) is 4.79 Å². The van der Waals surface area contributed by atoms with Gasteiger partial charge in [-0.15, -0.1) is 11.8 Å². The minimum absolute atomic E-state index is 0.102. The summed E-state index contributed by atoms with van der Waals surface area (Å²) in [6.45, 7) is 0. The van der Waals surface area contributed by atoms with Crippen LogP contribution in [0.2, 0.25) is 0 Å². The van der Waals surface area contributed by atoms with E-state index in [4.69, 9.17) is 5.11 Å². The number of carboxylic acid groups (broad SMARTS) is 1. The number of amides is 1. The topological polar surface area (TPSA) is 66.4 Å². The molecule has 106 valence electrons. The van der Waals surface area contributed by atoms with Gasteiger partial charge in [-0.1, -0.05) is 30.3 Å². The van der Waals surface area contributed by atoms with Gasteiger partial charge in [0, 0.05) is 10.6 Å². The molecule has 1 atom stereocenters. The summed E-state index contributed by atoms with van der Waals surface area (Å²) in [5.74, 6) is -0.776. The lowest BCUT2D eigenvalue weighted by molar-refractivity contribution is -0.117. The summed E-state index contributed by atoms with van der Waals surface area (Å²) in [7, 11) is 0. The fraction of sp³-hybridized carbons (Fsp3) is 0.125. The Morgan fingerprint density at radius 2 is 1.81 bits per heavy atom. The molecule has 0 bridgehead atoms. The zero-order chi connectivity index (χ0) is 14.8. The zero-order valence-electron chi connectivity index (χ0n) is 11.1. The third-order valence-corrected chi connectivity index (χ3v) is 4.61. The minimum Gasteiger partial charge on any atom is -0.478 e. The second-order valence-corrected chi connectivity index (χ2v) is 5.80. The maximum Gasteiger partial charge on any atom is 0.337 e. The molecule has 2 aromatic rings. The van der Waals surface area contributed by atoms with E-state index in [1.807, 2.05) is 24.3 Å². The van der Waals surface area contributed by atoms with Gasteiger partial charge < -0.3 is 10.4 Å². The monoisotopic (exact) mass is 299 g/mol. The van der Waals surface area contributed by atoms with Crippen molar-refractivity contribution >= 4 is 29.3 Å². The number of nitrogens with one attached hydrogen (secondary N) is 1. The van der Waals surface area contributed by atoms with Crippen molar-refractivity contribution in [2.75, 3.05) is 11.1 Å². The SMILES string of the molecule is O=C(O)c1ccccc1NC(=O)C1CSc2ccccc21. The number of para-hydroxylation sites is 1. The van der Waals surface area contributed by atoms with E-state index < -0.39 is 5.97 Å². The molecule has 3 rings (SSSR count). The molecule has 0 radical (unpaired) electrons. The Labute approximate surface area is 126 Å². The average molecular weight is 299 g/mol. The molecule has 4 nitrogen and oxygen atoms in total. The van der Waals surface area contributed by atoms with Gasteiger partial charge >= 0.3 is 5.97 Å². The third-order valence-electron chi connectivity index (χ3n) is 3.43. The molecule has 0 spiro atoms. The van der Waals surface area contributed by atoms with Crippen LogP contribution in [0.1, 0.15) is 21.8 Å². The molecule has 0 aromatic heterocycles. The molecule has 0 saturated carbocycles. The molecule has 0 aliphatic carbocycles. The van der Waals surface area contributed by atoms with Crippen molar-refractivity contribution < 1.29 is 14.7 Å². The van der Waals surface area contributed by atoms with Crippen LogP contribution < -0.4 is 5.32 Å². The summed E-state index contributed by atoms with van der Waals surface area (Å²) in [4.78, 5) is 24.7. The maximum absolute atomic E-state index is 12.4. The van der Waals surface area contributed by atoms with E-state index in [1.165, 1.54) is 6.07 Å². The lowest BCUT2D eigenvalue weighted by Crippen LogP contribution is -2.22. The number of rotatable bonds is 3. The number of benzene rings is 2. The average Bonchev–Trinajstić information content (AvgIpc) is 2.91. The summed E-state index contributed by atoms with van der Waals surface area (Å²) >= 11 is 1.65. The molecule has 21 heavy (non-hydrogen) atoms. The van der Waals surface area contributed by atoms with E-state index in [9.17, 15) is 9.59 Å². The van der Waals surface area contributed by atoms with E-state index >= 15 is 0 Å². The highest BCUT2D eigenvalue weighted by Gasteiger charge is 2.29. The molecule has 5 heteroatoms. The van der Waals surface area contributed by atoms with Gasteiger partial charge in [0.1, 0.15) is 0 Å². The second-order valence-electron chi connectivity index (χ2n) is 4.74. The number of carbonyl (C=O) groups excluding carboxylic acids is 1. The highest BCUT2D eigenvalue weighted by atomic mass is 32.2. The summed E-state index contributed by atoms with van der Waals surface area (Å²) in [6.07, 6.45) is 0. The smallest absolute Gasteiger partial charge is 0.337 e. The second kappa shape index (κ2) is 5.61. The van der Waals surface area contributed by atoms with E-state index in [1.54, 1.807) is 30.0 Å². The number of carboxylic acids is 1. The summed E-state index contributed by atoms with van der Waals surface area (Å²) in [5.41, 5.74) is 1.45. The maximum atomic E-state index is 12.4. The Morgan fingerprint density at radius 1 is 1.10 bits per heavy atom. The summed E-state index contributed by atoms with van der Waals surface area (Å²) in [6, 6.07) is 14.2. The first-order valence-electron chi connectivity index (χ1n) is 6.51. The van der Waals surface area contributed by atoms with Gasteiger partial charge in [-0.2, -0.15) is 0 Å². The van der Waals surface area contributed by atoms with Gasteiger partial charge in [0.2, 0.25) is 5.91 Å². The van der Waals surface area contributed by atoms with Gasteiger partial charge in [0.05, 0.1) is 17.2 Å². The third kappa shape index (κ3) is 2.64. The van der Waals surface area contributed by atoms with Crippen LogP contribution in [0, 0.1) is 0 Å². The van der Waals surface area contributed by atoms with Crippen LogP contribution in [0.3, 0.4) is 0 Å². The first-order chi connectivity index (χ1) is 10.2. The van der Waals surface area contributed by atoms with Gasteiger partial charge in [0.15, 0.2) is 0 Å². The fourth-order valence-electron chi connectivity index (χ4n) is 2.38. The predicted molar refractivity (Wildman–Crippen MR) is 81.9 cm³/mol. The number of hydrogen-bond acceptors (Lipinski definition) is 3. The number of fused-ring (bicyclic) bond motifs is 1. The molecular formula is C16H13NO3S. The van der Waals surface area contributed by atoms with Crippen molar-refractivity contribution in [3.8, 4) is 0 Å². The van der Waals surface area contributed by atoms with Crippen molar-refractivity contribution in [2.45, 2.75) is 10.8 Å². The Bertz CT molecular complexity index is 714. The Balaban J connectivity index is 1.84. The standard InChI is InChI=1S/C16H13NO3S/c18-15(12-9-21-14-8-4-2-5-10(12)14)17-13-7-3-1-6-11(13)16(19)20/h1-8,12H,9H2,(H,17,18)(H,19,20). The van der Waals surface area contributed by atoms with Crippen LogP contribution in [0.25, 0.3) is 0 Å². The first-order valence-corrected chi connectivity index (χ1v) is 7.50. The van der Waals surface area contributed by atoms with Gasteiger partial charge in [-0.3, -0.25) is 4.79 Å². The van der Waals surface area contributed by atoms with Crippen LogP contribution >= 0.6 is 11.8 Å². The number of carbonyl (C=O) groups is 2. The Kier molecular flexibility index (Phi) is 3.66. The number of aromatic carboxylic acids is 1. The molecule has 1 amide bonds. The van der Waals surface area contributed by atoms with Crippen LogP contribution in [-0.4, -0.2) is 22.7 Å². The van der Waals surface area contributed by atoms with Gasteiger partial charge in [0.25, 0.3) is 0 Å². The molecule has 1 unspecified atom stereocenters. The van der Waals surface area contributed by atoms with Crippen molar-refractivity contribution in [2.24, 2.45) is 0 Å². The van der Waals surface area contributed by atoms with Crippen LogP contribution in [0.4, 0.5) is 5.69 Å². The zero-order valence-corrected chi connectivity index (χ0v) is 11.9. The summed E-state index contributed by atoms with van der Waals surface area (Å²) < 4.78 is 0. The molecule has 0 fully saturated rings. The van der Waals surface area contributed by atoms with E-state index in [0.29, 0.717) is 11.4 Å². The fourth-order valence-corrected chi connectivity index (χ4v) is 3.61. The van der Waals surface area contributed by atoms with Crippen molar-refractivity contribution in [1.82, 2.24) is 0 Å². The molecule has 0 saturated heterocycles. The number of thioether (sulfide) groups is 1. The Morgan fingerprint density at radius 3 is 2.62 bits per heavy atom. The molecule has 1 heterocycles. The van der Waals surface area contributed by atoms with Crippen molar-refractivity contribution in [3.05, 3.63) is 59.7 Å². The number of hydrogen-bond donors (Lipinski definition) is 2. The predicted octanol–water partition coefficient (Wildman–Crippen LogP) is 3.21. The normalized spacial score (nSPS) is 16.3. The van der Waals surface area contributed by atoms with Gasteiger partial charge in [-0.05, 0) is 23.8 Å². The molecular weight excluding hydrogens is 286 g/mol. The molecule has 2 N–H and O–H groups in total. The lowest BCUT2D eigenvalue weighted by atomic mass is 10.0. The minimum atomic E-state index is -1.05. The molecule has 1 aliphatic rings. The first kappa shape index (κ1) is 13.7. The lowest BCUT2D eigenvalue weighted by Gasteiger charge is -2.13. The van der Waals surface area contributed by atoms with E-state index in [2.05, 4.69) is 5.32 Å².